The molecule has 0 unspecified atom stereocenters. The Labute approximate surface area is 214 Å². The number of benzene rings is 1. The van der Waals surface area contributed by atoms with Gasteiger partial charge in [-0.15, -0.1) is 0 Å². The first-order valence-corrected chi connectivity index (χ1v) is 13.2. The predicted octanol–water partition coefficient (Wildman–Crippen LogP) is 2.65. The highest BCUT2D eigenvalue weighted by atomic mass is 16.5. The third kappa shape index (κ3) is 5.76. The zero-order valence-corrected chi connectivity index (χ0v) is 21.6. The van der Waals surface area contributed by atoms with E-state index in [1.165, 1.54) is 0 Å². The van der Waals surface area contributed by atoms with Crippen LogP contribution in [0.3, 0.4) is 0 Å². The van der Waals surface area contributed by atoms with Crippen molar-refractivity contribution in [2.24, 2.45) is 18.7 Å². The quantitative estimate of drug-likeness (QED) is 0.469. The summed E-state index contributed by atoms with van der Waals surface area (Å²) in [5.41, 5.74) is 9.12. The first-order chi connectivity index (χ1) is 17.4. The van der Waals surface area contributed by atoms with Crippen molar-refractivity contribution < 1.29 is 19.4 Å². The summed E-state index contributed by atoms with van der Waals surface area (Å²) < 4.78 is 7.74. The zero-order valence-electron chi connectivity index (χ0n) is 21.6. The fourth-order valence-corrected chi connectivity index (χ4v) is 5.82. The number of amides is 1. The maximum atomic E-state index is 13.4. The summed E-state index contributed by atoms with van der Waals surface area (Å²) in [4.78, 5) is 30.0. The molecule has 2 aliphatic rings. The Kier molecular flexibility index (Phi) is 8.69. The molecule has 2 aromatic rings. The van der Waals surface area contributed by atoms with Gasteiger partial charge in [0, 0.05) is 63.5 Å². The summed E-state index contributed by atoms with van der Waals surface area (Å²) in [6, 6.07) is 9.94. The smallest absolute Gasteiger partial charge is 0.308 e. The number of carbonyl (C=O) groups excluding carboxylic acids is 1. The van der Waals surface area contributed by atoms with Gasteiger partial charge in [-0.05, 0) is 48.6 Å². The van der Waals surface area contributed by atoms with Crippen molar-refractivity contribution in [3.8, 4) is 5.75 Å². The van der Waals surface area contributed by atoms with Gasteiger partial charge in [0.2, 0.25) is 5.91 Å². The Morgan fingerprint density at radius 2 is 2.08 bits per heavy atom. The van der Waals surface area contributed by atoms with Crippen molar-refractivity contribution in [2.75, 3.05) is 39.3 Å². The maximum Gasteiger partial charge on any atom is 0.308 e. The van der Waals surface area contributed by atoms with Crippen molar-refractivity contribution in [1.82, 2.24) is 14.4 Å². The van der Waals surface area contributed by atoms with Gasteiger partial charge in [0.1, 0.15) is 5.75 Å². The number of ether oxygens (including phenoxy) is 1. The SMILES string of the molecule is CCCCN(CCN)C(=O)CN1C[C@H](c2ccc3c(c2)CCO3)[C@@H](C(=O)O)[C@@H]1CCc1cccn1C. The van der Waals surface area contributed by atoms with Gasteiger partial charge >= 0.3 is 5.97 Å². The van der Waals surface area contributed by atoms with Gasteiger partial charge < -0.3 is 25.0 Å². The van der Waals surface area contributed by atoms with Crippen LogP contribution in [-0.4, -0.2) is 76.7 Å². The topological polar surface area (TPSA) is 101 Å². The van der Waals surface area contributed by atoms with Gasteiger partial charge in [0.25, 0.3) is 0 Å². The molecule has 2 aliphatic heterocycles. The summed E-state index contributed by atoms with van der Waals surface area (Å²) >= 11 is 0. The summed E-state index contributed by atoms with van der Waals surface area (Å²) in [6.45, 7) is 5.17. The van der Waals surface area contributed by atoms with E-state index in [9.17, 15) is 14.7 Å². The van der Waals surface area contributed by atoms with E-state index in [-0.39, 0.29) is 24.4 Å². The molecule has 0 radical (unpaired) electrons. The molecule has 4 rings (SSSR count). The number of carboxylic acids is 1. The van der Waals surface area contributed by atoms with E-state index in [2.05, 4.69) is 28.5 Å². The van der Waals surface area contributed by atoms with Gasteiger partial charge in [-0.1, -0.05) is 25.5 Å². The first-order valence-electron chi connectivity index (χ1n) is 13.2. The van der Waals surface area contributed by atoms with Crippen LogP contribution in [0.25, 0.3) is 0 Å². The lowest BCUT2D eigenvalue weighted by Gasteiger charge is -2.29. The van der Waals surface area contributed by atoms with Crippen molar-refractivity contribution in [3.05, 3.63) is 53.3 Å². The highest BCUT2D eigenvalue weighted by Crippen LogP contribution is 2.41. The highest BCUT2D eigenvalue weighted by Gasteiger charge is 2.47. The summed E-state index contributed by atoms with van der Waals surface area (Å²) in [5, 5.41) is 10.4. The highest BCUT2D eigenvalue weighted by molar-refractivity contribution is 5.79. The average Bonchev–Trinajstić information content (AvgIpc) is 3.58. The second-order valence-corrected chi connectivity index (χ2v) is 10.1. The number of aryl methyl sites for hydroxylation is 2. The van der Waals surface area contributed by atoms with Crippen molar-refractivity contribution >= 4 is 11.9 Å². The lowest BCUT2D eigenvalue weighted by molar-refractivity contribution is -0.143. The fourth-order valence-electron chi connectivity index (χ4n) is 5.82. The van der Waals surface area contributed by atoms with Crippen molar-refractivity contribution in [2.45, 2.75) is 51.0 Å². The lowest BCUT2D eigenvalue weighted by atomic mass is 9.83. The van der Waals surface area contributed by atoms with Gasteiger partial charge in [-0.2, -0.15) is 0 Å². The first kappa shape index (κ1) is 26.2. The number of carbonyl (C=O) groups is 2. The molecular formula is C28H40N4O4. The Morgan fingerprint density at radius 1 is 1.25 bits per heavy atom. The molecule has 1 fully saturated rings. The summed E-state index contributed by atoms with van der Waals surface area (Å²) in [6.07, 6.45) is 6.23. The van der Waals surface area contributed by atoms with Gasteiger partial charge in [-0.3, -0.25) is 14.5 Å². The Hall–Kier alpha value is -2.84. The molecular weight excluding hydrogens is 456 g/mol. The van der Waals surface area contributed by atoms with E-state index in [1.807, 2.05) is 36.3 Å². The number of nitrogens with zero attached hydrogens (tertiary/aromatic N) is 3. The van der Waals surface area contributed by atoms with Crippen LogP contribution in [-0.2, 0) is 29.5 Å². The Bertz CT molecular complexity index is 1050. The summed E-state index contributed by atoms with van der Waals surface area (Å²) in [5.74, 6) is -0.641. The zero-order chi connectivity index (χ0) is 25.7. The third-order valence-electron chi connectivity index (χ3n) is 7.79. The molecule has 0 spiro atoms. The van der Waals surface area contributed by atoms with Crippen molar-refractivity contribution in [1.29, 1.82) is 0 Å². The minimum atomic E-state index is -0.798. The standard InChI is InChI=1S/C28H40N4O4/c1-3-4-14-31(15-12-29)26(33)19-32-18-23(20-7-10-25-21(17-20)11-16-36-25)27(28(34)35)24(32)9-8-22-6-5-13-30(22)2/h5-7,10,13,17,23-24,27H,3-4,8-9,11-12,14-16,18-19,29H2,1-2H3,(H,34,35)/t23-,24+,27-/m1/s1. The van der Waals surface area contributed by atoms with Crippen LogP contribution in [0.1, 0.15) is 48.9 Å². The van der Waals surface area contributed by atoms with Crippen LogP contribution in [0.5, 0.6) is 5.75 Å². The number of rotatable bonds is 12. The summed E-state index contributed by atoms with van der Waals surface area (Å²) in [7, 11) is 2.01. The van der Waals surface area contributed by atoms with E-state index >= 15 is 0 Å². The van der Waals surface area contributed by atoms with E-state index < -0.39 is 11.9 Å². The molecule has 3 atom stereocenters. The van der Waals surface area contributed by atoms with Crippen LogP contribution in [0.15, 0.2) is 36.5 Å². The molecule has 36 heavy (non-hydrogen) atoms. The second kappa shape index (κ2) is 11.9. The van der Waals surface area contributed by atoms with Crippen LogP contribution in [0.2, 0.25) is 0 Å². The molecule has 0 bridgehead atoms. The Morgan fingerprint density at radius 3 is 2.78 bits per heavy atom. The van der Waals surface area contributed by atoms with Gasteiger partial charge in [0.15, 0.2) is 0 Å². The minimum Gasteiger partial charge on any atom is -0.493 e. The second-order valence-electron chi connectivity index (χ2n) is 10.1. The van der Waals surface area contributed by atoms with Crippen LogP contribution >= 0.6 is 0 Å². The van der Waals surface area contributed by atoms with Gasteiger partial charge in [0.05, 0.1) is 19.1 Å². The monoisotopic (exact) mass is 496 g/mol. The fraction of sp³-hybridized carbons (Fsp3) is 0.571. The number of nitrogens with two attached hydrogens (primary N) is 1. The molecule has 1 amide bonds. The predicted molar refractivity (Wildman–Crippen MR) is 139 cm³/mol. The number of hydrogen-bond acceptors (Lipinski definition) is 5. The van der Waals surface area contributed by atoms with Crippen LogP contribution in [0.4, 0.5) is 0 Å². The molecule has 8 nitrogen and oxygen atoms in total. The number of likely N-dealkylation sites (tertiary alicyclic amines) is 1. The third-order valence-corrected chi connectivity index (χ3v) is 7.79. The molecule has 1 aromatic carbocycles. The number of aliphatic carboxylic acids is 1. The molecule has 8 heteroatoms. The largest absolute Gasteiger partial charge is 0.493 e. The minimum absolute atomic E-state index is 0.0323. The normalized spacial score (nSPS) is 21.4. The van der Waals surface area contributed by atoms with E-state index in [0.29, 0.717) is 39.2 Å². The van der Waals surface area contributed by atoms with E-state index in [0.717, 1.165) is 48.3 Å². The van der Waals surface area contributed by atoms with Crippen LogP contribution < -0.4 is 10.5 Å². The molecule has 196 valence electrons. The molecule has 0 saturated carbocycles. The average molecular weight is 497 g/mol. The molecule has 1 saturated heterocycles. The molecule has 3 N–H and O–H groups in total. The number of hydrogen-bond donors (Lipinski definition) is 2. The number of fused-ring (bicyclic) bond motifs is 1. The van der Waals surface area contributed by atoms with E-state index in [4.69, 9.17) is 10.5 Å². The maximum absolute atomic E-state index is 13.4. The van der Waals surface area contributed by atoms with Crippen LogP contribution in [0, 0.1) is 5.92 Å². The lowest BCUT2D eigenvalue weighted by Crippen LogP contribution is -2.45. The number of unbranched alkanes of at least 4 members (excludes halogenated alkanes) is 1. The number of aromatic nitrogens is 1. The molecule has 1 aromatic heterocycles. The molecule has 3 heterocycles. The van der Waals surface area contributed by atoms with E-state index in [1.54, 1.807) is 0 Å². The van der Waals surface area contributed by atoms with Crippen molar-refractivity contribution in [3.63, 3.8) is 0 Å². The number of carboxylic acid groups (broad SMARTS) is 1. The van der Waals surface area contributed by atoms with Gasteiger partial charge in [-0.25, -0.2) is 0 Å². The Balaban J connectivity index is 1.60. The molecule has 0 aliphatic carbocycles.